The highest BCUT2D eigenvalue weighted by molar-refractivity contribution is 5.94. The third-order valence-electron chi connectivity index (χ3n) is 6.12. The number of aryl methyl sites for hydroxylation is 1. The molecule has 1 unspecified atom stereocenters. The number of carbonyl (C=O) groups excluding carboxylic acids is 1. The van der Waals surface area contributed by atoms with Crippen molar-refractivity contribution in [1.82, 2.24) is 19.7 Å². The van der Waals surface area contributed by atoms with Gasteiger partial charge in [0.15, 0.2) is 0 Å². The molecule has 0 aliphatic rings. The van der Waals surface area contributed by atoms with Gasteiger partial charge in [-0.1, -0.05) is 36.3 Å². The second kappa shape index (κ2) is 9.61. The number of halogens is 1. The molecule has 7 heteroatoms. The molecule has 0 spiro atoms. The largest absolute Gasteiger partial charge is 0.309 e. The van der Waals surface area contributed by atoms with Gasteiger partial charge in [0.25, 0.3) is 0 Å². The van der Waals surface area contributed by atoms with Crippen molar-refractivity contribution in [2.24, 2.45) is 0 Å². The molecule has 1 atom stereocenters. The highest BCUT2D eigenvalue weighted by atomic mass is 19.1. The van der Waals surface area contributed by atoms with Crippen molar-refractivity contribution in [3.05, 3.63) is 95.7 Å². The summed E-state index contributed by atoms with van der Waals surface area (Å²) in [4.78, 5) is 21.8. The number of nitrogens with zero attached hydrogens (tertiary/aromatic N) is 3. The molecule has 6 nitrogen and oxygen atoms in total. The van der Waals surface area contributed by atoms with Gasteiger partial charge in [-0.15, -0.1) is 0 Å². The highest BCUT2D eigenvalue weighted by Crippen LogP contribution is 2.28. The van der Waals surface area contributed by atoms with Gasteiger partial charge in [0.05, 0.1) is 17.4 Å². The lowest BCUT2D eigenvalue weighted by atomic mass is 10.0. The Labute approximate surface area is 208 Å². The van der Waals surface area contributed by atoms with Crippen molar-refractivity contribution < 1.29 is 9.18 Å². The number of imidazole rings is 1. The van der Waals surface area contributed by atoms with E-state index in [4.69, 9.17) is 4.98 Å². The molecule has 3 heterocycles. The zero-order valence-corrected chi connectivity index (χ0v) is 20.1. The molecule has 2 N–H and O–H groups in total. The number of hydrogen-bond donors (Lipinski definition) is 2. The number of likely N-dealkylation sites (N-methyl/N-ethyl adjacent to an activating group) is 1. The molecule has 2 aromatic carbocycles. The monoisotopic (exact) mass is 477 g/mol. The summed E-state index contributed by atoms with van der Waals surface area (Å²) in [7, 11) is 1.72. The van der Waals surface area contributed by atoms with Crippen molar-refractivity contribution >= 4 is 28.1 Å². The lowest BCUT2D eigenvalue weighted by molar-refractivity contribution is -0.117. The predicted molar refractivity (Wildman–Crippen MR) is 140 cm³/mol. The Morgan fingerprint density at radius 3 is 2.61 bits per heavy atom. The molecule has 0 fully saturated rings. The van der Waals surface area contributed by atoms with Crippen LogP contribution in [0.1, 0.15) is 23.9 Å². The Bertz CT molecular complexity index is 1680. The van der Waals surface area contributed by atoms with Gasteiger partial charge in [0.2, 0.25) is 5.91 Å². The molecule has 0 bridgehead atoms. The van der Waals surface area contributed by atoms with Crippen LogP contribution >= 0.6 is 0 Å². The van der Waals surface area contributed by atoms with Crippen LogP contribution in [0.3, 0.4) is 0 Å². The van der Waals surface area contributed by atoms with E-state index in [0.717, 1.165) is 28.0 Å². The molecule has 0 aliphatic heterocycles. The fraction of sp³-hybridized carbons (Fsp3) is 0.138. The van der Waals surface area contributed by atoms with E-state index in [2.05, 4.69) is 27.5 Å². The van der Waals surface area contributed by atoms with Crippen LogP contribution in [0.2, 0.25) is 0 Å². The van der Waals surface area contributed by atoms with E-state index >= 15 is 0 Å². The lowest BCUT2D eigenvalue weighted by Gasteiger charge is -2.12. The summed E-state index contributed by atoms with van der Waals surface area (Å²) in [5.41, 5.74) is 4.46. The lowest BCUT2D eigenvalue weighted by Crippen LogP contribution is -2.35. The smallest absolute Gasteiger partial charge is 0.242 e. The van der Waals surface area contributed by atoms with E-state index in [1.807, 2.05) is 53.9 Å². The minimum atomic E-state index is -0.382. The number of carbonyl (C=O) groups is 1. The highest BCUT2D eigenvalue weighted by Gasteiger charge is 2.17. The zero-order valence-electron chi connectivity index (χ0n) is 20.1. The summed E-state index contributed by atoms with van der Waals surface area (Å²) in [5, 5.41) is 7.00. The first kappa shape index (κ1) is 23.2. The molecule has 0 saturated heterocycles. The molecular formula is C29H24FN5O. The van der Waals surface area contributed by atoms with Gasteiger partial charge in [-0.25, -0.2) is 14.4 Å². The Balaban J connectivity index is 1.67. The van der Waals surface area contributed by atoms with Gasteiger partial charge in [-0.3, -0.25) is 9.20 Å². The molecular weight excluding hydrogens is 453 g/mol. The molecule has 1 amide bonds. The average Bonchev–Trinajstić information content (AvgIpc) is 3.22. The number of amides is 1. The Morgan fingerprint density at radius 2 is 1.78 bits per heavy atom. The molecule has 178 valence electrons. The minimum Gasteiger partial charge on any atom is -0.309 e. The standard InChI is InChI=1S/C29H24FN5O/c1-18-28(35-17-5-4-12-27(35)32-18)23-14-16-26(34-29(36)19(2)31-3)33-25(23)15-13-20-8-6-10-22-21(20)9-7-11-24(22)30/h4-12,14,16-17,19,31H,1-3H3,(H,33,34,36). The Kier molecular flexibility index (Phi) is 6.19. The summed E-state index contributed by atoms with van der Waals surface area (Å²) < 4.78 is 16.3. The van der Waals surface area contributed by atoms with Crippen LogP contribution in [0.25, 0.3) is 27.7 Å². The normalized spacial score (nSPS) is 11.8. The molecule has 5 aromatic rings. The number of fused-ring (bicyclic) bond motifs is 2. The first-order valence-electron chi connectivity index (χ1n) is 11.6. The maximum atomic E-state index is 14.3. The Morgan fingerprint density at radius 1 is 0.972 bits per heavy atom. The van der Waals surface area contributed by atoms with Gasteiger partial charge < -0.3 is 10.6 Å². The van der Waals surface area contributed by atoms with E-state index in [-0.39, 0.29) is 17.8 Å². The number of aromatic nitrogens is 3. The molecule has 0 radical (unpaired) electrons. The van der Waals surface area contributed by atoms with Crippen molar-refractivity contribution in [2.75, 3.05) is 12.4 Å². The van der Waals surface area contributed by atoms with E-state index < -0.39 is 0 Å². The third-order valence-corrected chi connectivity index (χ3v) is 6.12. The zero-order chi connectivity index (χ0) is 25.2. The molecule has 0 saturated carbocycles. The van der Waals surface area contributed by atoms with Crippen LogP contribution in [-0.2, 0) is 4.79 Å². The molecule has 36 heavy (non-hydrogen) atoms. The number of anilines is 1. The summed E-state index contributed by atoms with van der Waals surface area (Å²) in [5.74, 6) is 6.27. The minimum absolute atomic E-state index is 0.202. The number of pyridine rings is 2. The van der Waals surface area contributed by atoms with Crippen LogP contribution in [0, 0.1) is 24.6 Å². The van der Waals surface area contributed by atoms with Crippen LogP contribution in [-0.4, -0.2) is 33.4 Å². The fourth-order valence-electron chi connectivity index (χ4n) is 4.13. The molecule has 5 rings (SSSR count). The molecule has 0 aliphatic carbocycles. The van der Waals surface area contributed by atoms with E-state index in [0.29, 0.717) is 22.5 Å². The van der Waals surface area contributed by atoms with Crippen molar-refractivity contribution in [3.63, 3.8) is 0 Å². The van der Waals surface area contributed by atoms with Crippen molar-refractivity contribution in [2.45, 2.75) is 19.9 Å². The number of nitrogens with one attached hydrogen (secondary N) is 2. The SMILES string of the molecule is CNC(C)C(=O)Nc1ccc(-c2c(C)nc3ccccn23)c(C#Cc2cccc3c(F)cccc23)n1. The number of hydrogen-bond acceptors (Lipinski definition) is 4. The van der Waals surface area contributed by atoms with Crippen molar-refractivity contribution in [3.8, 4) is 23.1 Å². The number of rotatable bonds is 4. The quantitative estimate of drug-likeness (QED) is 0.360. The molecule has 3 aromatic heterocycles. The van der Waals surface area contributed by atoms with Crippen LogP contribution in [0.15, 0.2) is 72.9 Å². The first-order chi connectivity index (χ1) is 17.5. The third kappa shape index (κ3) is 4.30. The maximum Gasteiger partial charge on any atom is 0.242 e. The van der Waals surface area contributed by atoms with Gasteiger partial charge >= 0.3 is 0 Å². The van der Waals surface area contributed by atoms with E-state index in [9.17, 15) is 9.18 Å². The van der Waals surface area contributed by atoms with Crippen LogP contribution in [0.5, 0.6) is 0 Å². The van der Waals surface area contributed by atoms with Crippen LogP contribution in [0.4, 0.5) is 10.2 Å². The van der Waals surface area contributed by atoms with Crippen molar-refractivity contribution in [1.29, 1.82) is 0 Å². The summed E-state index contributed by atoms with van der Waals surface area (Å²) >= 11 is 0. The number of benzene rings is 2. The summed E-state index contributed by atoms with van der Waals surface area (Å²) in [6, 6.07) is 19.4. The predicted octanol–water partition coefficient (Wildman–Crippen LogP) is 4.94. The van der Waals surface area contributed by atoms with E-state index in [1.54, 1.807) is 38.2 Å². The summed E-state index contributed by atoms with van der Waals surface area (Å²) in [6.45, 7) is 3.71. The van der Waals surface area contributed by atoms with E-state index in [1.165, 1.54) is 6.07 Å². The summed E-state index contributed by atoms with van der Waals surface area (Å²) in [6.07, 6.45) is 1.94. The second-order valence-electron chi connectivity index (χ2n) is 8.46. The van der Waals surface area contributed by atoms with Crippen LogP contribution < -0.4 is 10.6 Å². The fourth-order valence-corrected chi connectivity index (χ4v) is 4.13. The van der Waals surface area contributed by atoms with Gasteiger partial charge in [-0.05, 0) is 63.2 Å². The Hall–Kier alpha value is -4.54. The first-order valence-corrected chi connectivity index (χ1v) is 11.6. The van der Waals surface area contributed by atoms with Gasteiger partial charge in [0, 0.05) is 28.1 Å². The average molecular weight is 478 g/mol. The van der Waals surface area contributed by atoms with Gasteiger partial charge in [-0.2, -0.15) is 0 Å². The topological polar surface area (TPSA) is 71.3 Å². The second-order valence-corrected chi connectivity index (χ2v) is 8.46. The van der Waals surface area contributed by atoms with Gasteiger partial charge in [0.1, 0.15) is 23.0 Å². The maximum absolute atomic E-state index is 14.3.